The fraction of sp³-hybridized carbons (Fsp3) is 0.278. The third-order valence-corrected chi connectivity index (χ3v) is 3.87. The first-order chi connectivity index (χ1) is 13.9. The summed E-state index contributed by atoms with van der Waals surface area (Å²) >= 11 is 0. The van der Waals surface area contributed by atoms with Crippen molar-refractivity contribution in [2.75, 3.05) is 24.4 Å². The molecular formula is C18H21N7O4. The van der Waals surface area contributed by atoms with Gasteiger partial charge < -0.3 is 25.5 Å². The number of nitrogens with zero attached hydrogens (tertiary/aromatic N) is 4. The van der Waals surface area contributed by atoms with E-state index in [0.29, 0.717) is 18.0 Å². The van der Waals surface area contributed by atoms with E-state index in [1.807, 2.05) is 6.92 Å². The Morgan fingerprint density at radius 3 is 2.93 bits per heavy atom. The first kappa shape index (κ1) is 20.0. The number of primary amides is 1. The SMILES string of the molecule is COCC(C)Nc1cc(-c2nc(C(=O)Nc3cn(C)nc3C(N)=O)co2)ccn1. The van der Waals surface area contributed by atoms with E-state index in [0.717, 1.165) is 0 Å². The minimum absolute atomic E-state index is 0.0401. The van der Waals surface area contributed by atoms with E-state index in [4.69, 9.17) is 14.9 Å². The molecule has 0 saturated heterocycles. The zero-order valence-electron chi connectivity index (χ0n) is 16.2. The predicted octanol–water partition coefficient (Wildman–Crippen LogP) is 1.27. The van der Waals surface area contributed by atoms with Crippen LogP contribution in [0.5, 0.6) is 0 Å². The Balaban J connectivity index is 1.75. The number of carbonyl (C=O) groups excluding carboxylic acids is 2. The number of rotatable bonds is 8. The molecule has 1 atom stereocenters. The summed E-state index contributed by atoms with van der Waals surface area (Å²) in [5, 5.41) is 9.67. The third kappa shape index (κ3) is 4.76. The maximum atomic E-state index is 12.5. The molecule has 4 N–H and O–H groups in total. The van der Waals surface area contributed by atoms with Gasteiger partial charge in [-0.1, -0.05) is 0 Å². The summed E-state index contributed by atoms with van der Waals surface area (Å²) < 4.78 is 11.9. The van der Waals surface area contributed by atoms with Crippen LogP contribution in [-0.4, -0.2) is 51.3 Å². The number of hydrogen-bond donors (Lipinski definition) is 3. The Bertz CT molecular complexity index is 1030. The lowest BCUT2D eigenvalue weighted by Gasteiger charge is -2.13. The fourth-order valence-corrected chi connectivity index (χ4v) is 2.65. The van der Waals surface area contributed by atoms with Crippen LogP contribution in [0.3, 0.4) is 0 Å². The van der Waals surface area contributed by atoms with Crippen molar-refractivity contribution in [2.24, 2.45) is 12.8 Å². The minimum atomic E-state index is -0.749. The molecule has 0 aliphatic heterocycles. The van der Waals surface area contributed by atoms with E-state index in [1.165, 1.54) is 17.1 Å². The summed E-state index contributed by atoms with van der Waals surface area (Å²) in [6, 6.07) is 3.53. The van der Waals surface area contributed by atoms with Gasteiger partial charge >= 0.3 is 0 Å². The molecule has 29 heavy (non-hydrogen) atoms. The van der Waals surface area contributed by atoms with Crippen molar-refractivity contribution in [3.63, 3.8) is 0 Å². The van der Waals surface area contributed by atoms with Gasteiger partial charge in [0.2, 0.25) is 5.89 Å². The van der Waals surface area contributed by atoms with Crippen LogP contribution in [0, 0.1) is 0 Å². The van der Waals surface area contributed by atoms with Crippen LogP contribution in [0.25, 0.3) is 11.5 Å². The molecule has 152 valence electrons. The van der Waals surface area contributed by atoms with Gasteiger partial charge in [0.1, 0.15) is 12.1 Å². The second kappa shape index (κ2) is 8.52. The Morgan fingerprint density at radius 1 is 1.41 bits per heavy atom. The molecular weight excluding hydrogens is 378 g/mol. The maximum Gasteiger partial charge on any atom is 0.277 e. The van der Waals surface area contributed by atoms with Crippen molar-refractivity contribution >= 4 is 23.3 Å². The van der Waals surface area contributed by atoms with E-state index in [-0.39, 0.29) is 29.0 Å². The molecule has 0 spiro atoms. The molecule has 0 fully saturated rings. The van der Waals surface area contributed by atoms with Gasteiger partial charge in [-0.05, 0) is 19.1 Å². The quantitative estimate of drug-likeness (QED) is 0.512. The molecule has 0 aliphatic rings. The molecule has 2 amide bonds. The van der Waals surface area contributed by atoms with E-state index in [9.17, 15) is 9.59 Å². The van der Waals surface area contributed by atoms with Crippen molar-refractivity contribution in [1.82, 2.24) is 19.7 Å². The molecule has 0 aliphatic carbocycles. The van der Waals surface area contributed by atoms with Gasteiger partial charge in [-0.3, -0.25) is 14.3 Å². The summed E-state index contributed by atoms with van der Waals surface area (Å²) in [7, 11) is 3.23. The molecule has 11 heteroatoms. The summed E-state index contributed by atoms with van der Waals surface area (Å²) in [6.07, 6.45) is 4.31. The van der Waals surface area contributed by atoms with Crippen LogP contribution in [0.2, 0.25) is 0 Å². The predicted molar refractivity (Wildman–Crippen MR) is 104 cm³/mol. The Morgan fingerprint density at radius 2 is 2.21 bits per heavy atom. The van der Waals surface area contributed by atoms with Gasteiger partial charge in [0.05, 0.1) is 12.3 Å². The van der Waals surface area contributed by atoms with Gasteiger partial charge in [0, 0.05) is 38.2 Å². The number of carbonyl (C=O) groups is 2. The molecule has 3 heterocycles. The van der Waals surface area contributed by atoms with Gasteiger partial charge in [-0.2, -0.15) is 5.10 Å². The lowest BCUT2D eigenvalue weighted by molar-refractivity contribution is 0.0995. The highest BCUT2D eigenvalue weighted by Gasteiger charge is 2.19. The van der Waals surface area contributed by atoms with Crippen LogP contribution in [0.15, 0.2) is 35.2 Å². The number of aryl methyl sites for hydroxylation is 1. The largest absolute Gasteiger partial charge is 0.444 e. The summed E-state index contributed by atoms with van der Waals surface area (Å²) in [4.78, 5) is 32.4. The zero-order valence-corrected chi connectivity index (χ0v) is 16.2. The fourth-order valence-electron chi connectivity index (χ4n) is 2.65. The number of nitrogens with two attached hydrogens (primary N) is 1. The number of amides is 2. The number of oxazole rings is 1. The highest BCUT2D eigenvalue weighted by Crippen LogP contribution is 2.22. The summed E-state index contributed by atoms with van der Waals surface area (Å²) in [6.45, 7) is 2.49. The first-order valence-corrected chi connectivity index (χ1v) is 8.69. The van der Waals surface area contributed by atoms with Crippen molar-refractivity contribution in [3.8, 4) is 11.5 Å². The number of methoxy groups -OCH3 is 1. The molecule has 0 saturated carbocycles. The van der Waals surface area contributed by atoms with Gasteiger partial charge in [0.15, 0.2) is 11.4 Å². The molecule has 0 radical (unpaired) electrons. The number of pyridine rings is 1. The molecule has 11 nitrogen and oxygen atoms in total. The monoisotopic (exact) mass is 399 g/mol. The number of aromatic nitrogens is 4. The number of nitrogens with one attached hydrogen (secondary N) is 2. The molecule has 1 unspecified atom stereocenters. The van der Waals surface area contributed by atoms with Gasteiger partial charge in [0.25, 0.3) is 11.8 Å². The Kier molecular flexibility index (Phi) is 5.88. The van der Waals surface area contributed by atoms with Crippen LogP contribution in [0.1, 0.15) is 27.9 Å². The third-order valence-electron chi connectivity index (χ3n) is 3.87. The standard InChI is InChI=1S/C18H21N7O4/c1-10(8-28-3)21-14-6-11(4-5-20-14)18-23-13(9-29-18)17(27)22-12-7-25(2)24-15(12)16(19)26/h4-7,9-10H,8H2,1-3H3,(H2,19,26)(H,20,21)(H,22,27). The van der Waals surface area contributed by atoms with Crippen molar-refractivity contribution < 1.29 is 18.7 Å². The second-order valence-corrected chi connectivity index (χ2v) is 6.35. The Labute approximate surface area is 166 Å². The Hall–Kier alpha value is -3.73. The maximum absolute atomic E-state index is 12.5. The average Bonchev–Trinajstić information content (AvgIpc) is 3.29. The molecule has 0 bridgehead atoms. The van der Waals surface area contributed by atoms with E-state index in [2.05, 4.69) is 25.7 Å². The molecule has 3 rings (SSSR count). The second-order valence-electron chi connectivity index (χ2n) is 6.35. The average molecular weight is 399 g/mol. The summed E-state index contributed by atoms with van der Waals surface area (Å²) in [5.41, 5.74) is 6.10. The van der Waals surface area contributed by atoms with Gasteiger partial charge in [-0.25, -0.2) is 9.97 Å². The van der Waals surface area contributed by atoms with E-state index < -0.39 is 11.8 Å². The highest BCUT2D eigenvalue weighted by atomic mass is 16.5. The van der Waals surface area contributed by atoms with Crippen LogP contribution < -0.4 is 16.4 Å². The topological polar surface area (TPSA) is 150 Å². The number of hydrogen-bond acceptors (Lipinski definition) is 8. The zero-order chi connectivity index (χ0) is 21.0. The van der Waals surface area contributed by atoms with Crippen LogP contribution >= 0.6 is 0 Å². The molecule has 3 aromatic rings. The van der Waals surface area contributed by atoms with Crippen LogP contribution in [-0.2, 0) is 11.8 Å². The van der Waals surface area contributed by atoms with Crippen molar-refractivity contribution in [3.05, 3.63) is 42.2 Å². The lowest BCUT2D eigenvalue weighted by atomic mass is 10.2. The van der Waals surface area contributed by atoms with Crippen molar-refractivity contribution in [2.45, 2.75) is 13.0 Å². The minimum Gasteiger partial charge on any atom is -0.444 e. The summed E-state index contributed by atoms with van der Waals surface area (Å²) in [5.74, 6) is -0.433. The smallest absolute Gasteiger partial charge is 0.277 e. The highest BCUT2D eigenvalue weighted by molar-refractivity contribution is 6.07. The van der Waals surface area contributed by atoms with Crippen LogP contribution in [0.4, 0.5) is 11.5 Å². The molecule has 0 aromatic carbocycles. The van der Waals surface area contributed by atoms with E-state index in [1.54, 1.807) is 32.5 Å². The first-order valence-electron chi connectivity index (χ1n) is 8.69. The van der Waals surface area contributed by atoms with Gasteiger partial charge in [-0.15, -0.1) is 0 Å². The lowest BCUT2D eigenvalue weighted by Crippen LogP contribution is -2.21. The number of anilines is 2. The number of ether oxygens (including phenoxy) is 1. The normalized spacial score (nSPS) is 11.8. The molecule has 3 aromatic heterocycles. The van der Waals surface area contributed by atoms with Crippen molar-refractivity contribution in [1.29, 1.82) is 0 Å². The van der Waals surface area contributed by atoms with E-state index >= 15 is 0 Å².